The standard InChI is InChI=1S/C24H32FN3O2/c1-14-4-5-16(23(29)27-19-8-6-18(25)7-9-19)11-20(14)21-12-17-13-26-15(2)10-22(17)28(3)24(21)30/h10,12-14,16,18-20H,4-9,11H2,1-3H3,(H,27,29). The van der Waals surface area contributed by atoms with Crippen molar-refractivity contribution in [3.8, 4) is 0 Å². The maximum absolute atomic E-state index is 13.4. The van der Waals surface area contributed by atoms with E-state index in [1.165, 1.54) is 0 Å². The highest BCUT2D eigenvalue weighted by atomic mass is 19.1. The van der Waals surface area contributed by atoms with Crippen molar-refractivity contribution in [2.45, 2.75) is 76.9 Å². The second-order valence-electron chi connectivity index (χ2n) is 9.40. The van der Waals surface area contributed by atoms with Crippen LogP contribution in [-0.4, -0.2) is 27.7 Å². The Labute approximate surface area is 177 Å². The number of nitrogens with zero attached hydrogens (tertiary/aromatic N) is 2. The van der Waals surface area contributed by atoms with Crippen LogP contribution in [-0.2, 0) is 11.8 Å². The zero-order valence-electron chi connectivity index (χ0n) is 18.2. The summed E-state index contributed by atoms with van der Waals surface area (Å²) in [7, 11) is 1.81. The van der Waals surface area contributed by atoms with Crippen LogP contribution in [0.25, 0.3) is 10.9 Å². The molecule has 2 heterocycles. The number of fused-ring (bicyclic) bond motifs is 1. The Morgan fingerprint density at radius 2 is 1.90 bits per heavy atom. The Morgan fingerprint density at radius 1 is 1.17 bits per heavy atom. The first-order valence-electron chi connectivity index (χ1n) is 11.2. The SMILES string of the molecule is Cc1cc2c(cn1)cc(C1CC(C(=O)NC3CCC(F)CC3)CCC1C)c(=O)n2C. The molecular weight excluding hydrogens is 381 g/mol. The molecule has 6 heteroatoms. The zero-order chi connectivity index (χ0) is 21.4. The summed E-state index contributed by atoms with van der Waals surface area (Å²) in [6, 6.07) is 4.01. The highest BCUT2D eigenvalue weighted by Gasteiger charge is 2.35. The molecule has 2 saturated carbocycles. The number of halogens is 1. The van der Waals surface area contributed by atoms with Crippen LogP contribution in [0.15, 0.2) is 23.1 Å². The van der Waals surface area contributed by atoms with E-state index in [4.69, 9.17) is 0 Å². The number of carbonyl (C=O) groups is 1. The lowest BCUT2D eigenvalue weighted by atomic mass is 9.71. The van der Waals surface area contributed by atoms with E-state index in [2.05, 4.69) is 17.2 Å². The fraction of sp³-hybridized carbons (Fsp3) is 0.625. The van der Waals surface area contributed by atoms with Crippen molar-refractivity contribution in [3.05, 3.63) is 39.9 Å². The average molecular weight is 414 g/mol. The van der Waals surface area contributed by atoms with E-state index in [0.717, 1.165) is 47.8 Å². The zero-order valence-corrected chi connectivity index (χ0v) is 18.2. The van der Waals surface area contributed by atoms with Crippen LogP contribution in [0.3, 0.4) is 0 Å². The predicted octanol–water partition coefficient (Wildman–Crippen LogP) is 4.16. The number of carbonyl (C=O) groups excluding carboxylic acids is 1. The van der Waals surface area contributed by atoms with Gasteiger partial charge in [-0.25, -0.2) is 4.39 Å². The van der Waals surface area contributed by atoms with Crippen molar-refractivity contribution < 1.29 is 9.18 Å². The quantitative estimate of drug-likeness (QED) is 0.822. The molecule has 30 heavy (non-hydrogen) atoms. The average Bonchev–Trinajstić information content (AvgIpc) is 2.73. The fourth-order valence-corrected chi connectivity index (χ4v) is 5.27. The second-order valence-corrected chi connectivity index (χ2v) is 9.40. The van der Waals surface area contributed by atoms with E-state index < -0.39 is 6.17 Å². The molecule has 162 valence electrons. The predicted molar refractivity (Wildman–Crippen MR) is 116 cm³/mol. The van der Waals surface area contributed by atoms with Gasteiger partial charge < -0.3 is 9.88 Å². The van der Waals surface area contributed by atoms with E-state index in [9.17, 15) is 14.0 Å². The fourth-order valence-electron chi connectivity index (χ4n) is 5.27. The molecule has 0 aliphatic heterocycles. The number of hydrogen-bond donors (Lipinski definition) is 1. The smallest absolute Gasteiger partial charge is 0.254 e. The van der Waals surface area contributed by atoms with Gasteiger partial charge in [-0.05, 0) is 75.8 Å². The third-order valence-corrected chi connectivity index (χ3v) is 7.24. The second kappa shape index (κ2) is 8.48. The van der Waals surface area contributed by atoms with Crippen LogP contribution in [0.4, 0.5) is 4.39 Å². The molecule has 2 aliphatic rings. The molecule has 3 atom stereocenters. The van der Waals surface area contributed by atoms with Crippen molar-refractivity contribution in [2.24, 2.45) is 18.9 Å². The normalized spacial score (nSPS) is 29.7. The first-order valence-corrected chi connectivity index (χ1v) is 11.2. The number of rotatable bonds is 3. The Hall–Kier alpha value is -2.24. The van der Waals surface area contributed by atoms with Crippen LogP contribution in [0.2, 0.25) is 0 Å². The van der Waals surface area contributed by atoms with E-state index in [0.29, 0.717) is 25.2 Å². The van der Waals surface area contributed by atoms with E-state index in [1.807, 2.05) is 32.3 Å². The van der Waals surface area contributed by atoms with E-state index in [-0.39, 0.29) is 29.3 Å². The number of aryl methyl sites for hydroxylation is 2. The van der Waals surface area contributed by atoms with E-state index >= 15 is 0 Å². The molecule has 2 aliphatic carbocycles. The van der Waals surface area contributed by atoms with Gasteiger partial charge in [0.05, 0.1) is 5.52 Å². The summed E-state index contributed by atoms with van der Waals surface area (Å²) in [5, 5.41) is 4.12. The first-order chi connectivity index (χ1) is 14.3. The summed E-state index contributed by atoms with van der Waals surface area (Å²) in [6.45, 7) is 4.10. The van der Waals surface area contributed by atoms with Crippen LogP contribution in [0.1, 0.15) is 69.0 Å². The third kappa shape index (κ3) is 4.14. The largest absolute Gasteiger partial charge is 0.353 e. The molecule has 3 unspecified atom stereocenters. The number of nitrogens with one attached hydrogen (secondary N) is 1. The topological polar surface area (TPSA) is 64.0 Å². The number of aromatic nitrogens is 2. The highest BCUT2D eigenvalue weighted by Crippen LogP contribution is 2.40. The van der Waals surface area contributed by atoms with Gasteiger partial charge in [-0.15, -0.1) is 0 Å². The maximum Gasteiger partial charge on any atom is 0.254 e. The molecule has 0 spiro atoms. The van der Waals surface area contributed by atoms with Crippen LogP contribution >= 0.6 is 0 Å². The number of alkyl halides is 1. The van der Waals surface area contributed by atoms with Gasteiger partial charge in [-0.3, -0.25) is 14.6 Å². The summed E-state index contributed by atoms with van der Waals surface area (Å²) in [5.74, 6) is 0.384. The van der Waals surface area contributed by atoms with Crippen molar-refractivity contribution in [1.29, 1.82) is 0 Å². The minimum Gasteiger partial charge on any atom is -0.353 e. The highest BCUT2D eigenvalue weighted by molar-refractivity contribution is 5.80. The third-order valence-electron chi connectivity index (χ3n) is 7.24. The minimum atomic E-state index is -0.722. The van der Waals surface area contributed by atoms with Crippen molar-refractivity contribution in [2.75, 3.05) is 0 Å². The molecule has 4 rings (SSSR count). The van der Waals surface area contributed by atoms with Crippen molar-refractivity contribution in [3.63, 3.8) is 0 Å². The molecule has 0 bridgehead atoms. The summed E-state index contributed by atoms with van der Waals surface area (Å²) < 4.78 is 15.1. The minimum absolute atomic E-state index is 0.0206. The van der Waals surface area contributed by atoms with Gasteiger partial charge >= 0.3 is 0 Å². The van der Waals surface area contributed by atoms with Crippen LogP contribution in [0, 0.1) is 18.8 Å². The van der Waals surface area contributed by atoms with Gasteiger partial charge in [0.1, 0.15) is 6.17 Å². The molecule has 0 aromatic carbocycles. The van der Waals surface area contributed by atoms with Gasteiger partial charge in [0.2, 0.25) is 5.91 Å². The summed E-state index contributed by atoms with van der Waals surface area (Å²) >= 11 is 0. The van der Waals surface area contributed by atoms with Gasteiger partial charge in [0.15, 0.2) is 0 Å². The number of pyridine rings is 2. The molecule has 1 amide bonds. The Balaban J connectivity index is 1.55. The van der Waals surface area contributed by atoms with E-state index in [1.54, 1.807) is 4.57 Å². The Morgan fingerprint density at radius 3 is 2.63 bits per heavy atom. The summed E-state index contributed by atoms with van der Waals surface area (Å²) in [4.78, 5) is 30.5. The molecule has 2 aromatic heterocycles. The van der Waals surface area contributed by atoms with Gasteiger partial charge in [0.25, 0.3) is 5.56 Å². The van der Waals surface area contributed by atoms with Crippen molar-refractivity contribution >= 4 is 16.8 Å². The molecule has 2 fully saturated rings. The van der Waals surface area contributed by atoms with Gasteiger partial charge in [-0.2, -0.15) is 0 Å². The number of amides is 1. The lowest BCUT2D eigenvalue weighted by molar-refractivity contribution is -0.127. The lowest BCUT2D eigenvalue weighted by Crippen LogP contribution is -2.43. The lowest BCUT2D eigenvalue weighted by Gasteiger charge is -2.35. The molecule has 1 N–H and O–H groups in total. The number of hydrogen-bond acceptors (Lipinski definition) is 3. The van der Waals surface area contributed by atoms with Gasteiger partial charge in [0, 0.05) is 41.8 Å². The molecule has 2 aromatic rings. The summed E-state index contributed by atoms with van der Waals surface area (Å²) in [6.07, 6.45) is 6.07. The van der Waals surface area contributed by atoms with Crippen LogP contribution < -0.4 is 10.9 Å². The molecular formula is C24H32FN3O2. The molecule has 5 nitrogen and oxygen atoms in total. The Kier molecular flexibility index (Phi) is 5.94. The molecule has 0 saturated heterocycles. The first kappa shape index (κ1) is 21.0. The maximum atomic E-state index is 13.4. The Bertz CT molecular complexity index is 994. The van der Waals surface area contributed by atoms with Crippen molar-refractivity contribution in [1.82, 2.24) is 14.9 Å². The molecule has 0 radical (unpaired) electrons. The monoisotopic (exact) mass is 413 g/mol. The van der Waals surface area contributed by atoms with Gasteiger partial charge in [-0.1, -0.05) is 6.92 Å². The van der Waals surface area contributed by atoms with Crippen LogP contribution in [0.5, 0.6) is 0 Å². The summed E-state index contributed by atoms with van der Waals surface area (Å²) in [5.41, 5.74) is 2.58.